The van der Waals surface area contributed by atoms with E-state index in [1.165, 1.54) is 12.8 Å². The maximum atomic E-state index is 11.9. The third-order valence-corrected chi connectivity index (χ3v) is 3.51. The molecular formula is C14H23Cl2N3O. The lowest BCUT2D eigenvalue weighted by Gasteiger charge is -2.26. The van der Waals surface area contributed by atoms with Crippen molar-refractivity contribution in [1.82, 2.24) is 10.3 Å². The van der Waals surface area contributed by atoms with Gasteiger partial charge in [0.05, 0.1) is 5.56 Å². The van der Waals surface area contributed by atoms with E-state index in [1.54, 1.807) is 12.4 Å². The average molecular weight is 320 g/mol. The van der Waals surface area contributed by atoms with Crippen molar-refractivity contribution in [2.45, 2.75) is 38.6 Å². The first kappa shape index (κ1) is 19.2. The molecule has 1 fully saturated rings. The molecule has 0 aliphatic heterocycles. The Labute approximate surface area is 132 Å². The van der Waals surface area contributed by atoms with Gasteiger partial charge in [0, 0.05) is 25.0 Å². The fourth-order valence-corrected chi connectivity index (χ4v) is 2.54. The normalized spacial score (nSPS) is 21.3. The molecule has 1 saturated carbocycles. The van der Waals surface area contributed by atoms with Crippen LogP contribution in [0.25, 0.3) is 0 Å². The van der Waals surface area contributed by atoms with Gasteiger partial charge in [-0.2, -0.15) is 0 Å². The van der Waals surface area contributed by atoms with Crippen LogP contribution in [0.2, 0.25) is 0 Å². The van der Waals surface area contributed by atoms with Gasteiger partial charge < -0.3 is 11.1 Å². The Morgan fingerprint density at radius 2 is 2.15 bits per heavy atom. The minimum Gasteiger partial charge on any atom is -0.352 e. The summed E-state index contributed by atoms with van der Waals surface area (Å²) in [5, 5.41) is 2.98. The number of carbonyl (C=O) groups excluding carboxylic acids is 1. The highest BCUT2D eigenvalue weighted by molar-refractivity contribution is 5.93. The number of aryl methyl sites for hydroxylation is 1. The van der Waals surface area contributed by atoms with Crippen LogP contribution >= 0.6 is 24.8 Å². The molecule has 0 aromatic carbocycles. The molecule has 0 bridgehead atoms. The standard InChI is InChI=1S/C14H21N3O.2ClH/c1-10-5-12(9-16-7-10)14(18)17-8-11-3-2-4-13(15)6-11;;/h5,7,9,11,13H,2-4,6,8,15H2,1H3,(H,17,18);2*1H. The molecule has 3 N–H and O–H groups in total. The summed E-state index contributed by atoms with van der Waals surface area (Å²) >= 11 is 0. The van der Waals surface area contributed by atoms with Gasteiger partial charge in [0.2, 0.25) is 0 Å². The van der Waals surface area contributed by atoms with Gasteiger partial charge in [-0.3, -0.25) is 9.78 Å². The van der Waals surface area contributed by atoms with E-state index in [0.717, 1.165) is 24.9 Å². The summed E-state index contributed by atoms with van der Waals surface area (Å²) < 4.78 is 0. The van der Waals surface area contributed by atoms with Crippen molar-refractivity contribution in [3.8, 4) is 0 Å². The summed E-state index contributed by atoms with van der Waals surface area (Å²) in [6.07, 6.45) is 7.83. The van der Waals surface area contributed by atoms with Gasteiger partial charge in [0.1, 0.15) is 0 Å². The topological polar surface area (TPSA) is 68.0 Å². The molecule has 1 aromatic heterocycles. The molecule has 4 nitrogen and oxygen atoms in total. The number of amides is 1. The highest BCUT2D eigenvalue weighted by Gasteiger charge is 2.19. The van der Waals surface area contributed by atoms with Crippen molar-refractivity contribution >= 4 is 30.7 Å². The van der Waals surface area contributed by atoms with Crippen LogP contribution < -0.4 is 11.1 Å². The first-order valence-electron chi connectivity index (χ1n) is 6.60. The molecule has 114 valence electrons. The first-order chi connectivity index (χ1) is 8.65. The van der Waals surface area contributed by atoms with Crippen LogP contribution in [0.5, 0.6) is 0 Å². The zero-order valence-electron chi connectivity index (χ0n) is 11.7. The lowest BCUT2D eigenvalue weighted by atomic mass is 9.86. The minimum absolute atomic E-state index is 0. The molecule has 0 saturated heterocycles. The van der Waals surface area contributed by atoms with Gasteiger partial charge in [0.25, 0.3) is 5.91 Å². The van der Waals surface area contributed by atoms with Crippen molar-refractivity contribution in [3.05, 3.63) is 29.6 Å². The molecule has 1 aliphatic rings. The Morgan fingerprint density at radius 1 is 1.40 bits per heavy atom. The summed E-state index contributed by atoms with van der Waals surface area (Å²) in [6.45, 7) is 2.66. The van der Waals surface area contributed by atoms with Crippen molar-refractivity contribution in [2.24, 2.45) is 11.7 Å². The van der Waals surface area contributed by atoms with E-state index in [-0.39, 0.29) is 30.7 Å². The summed E-state index contributed by atoms with van der Waals surface area (Å²) in [7, 11) is 0. The van der Waals surface area contributed by atoms with Gasteiger partial charge >= 0.3 is 0 Å². The fourth-order valence-electron chi connectivity index (χ4n) is 2.54. The van der Waals surface area contributed by atoms with Crippen LogP contribution in [0, 0.1) is 12.8 Å². The second kappa shape index (κ2) is 9.16. The van der Waals surface area contributed by atoms with E-state index in [2.05, 4.69) is 10.3 Å². The maximum Gasteiger partial charge on any atom is 0.252 e. The highest BCUT2D eigenvalue weighted by atomic mass is 35.5. The second-order valence-electron chi connectivity index (χ2n) is 5.25. The van der Waals surface area contributed by atoms with Gasteiger partial charge in [0.15, 0.2) is 0 Å². The van der Waals surface area contributed by atoms with E-state index < -0.39 is 0 Å². The first-order valence-corrected chi connectivity index (χ1v) is 6.60. The number of hydrogen-bond donors (Lipinski definition) is 2. The molecule has 1 aliphatic carbocycles. The molecule has 2 rings (SSSR count). The molecule has 1 aromatic rings. The predicted molar refractivity (Wildman–Crippen MR) is 85.7 cm³/mol. The third kappa shape index (κ3) is 5.65. The number of carbonyl (C=O) groups is 1. The zero-order chi connectivity index (χ0) is 13.0. The number of nitrogens with one attached hydrogen (secondary N) is 1. The predicted octanol–water partition coefficient (Wildman–Crippen LogP) is 2.48. The minimum atomic E-state index is -0.0367. The molecule has 2 atom stereocenters. The van der Waals surface area contributed by atoms with Crippen molar-refractivity contribution in [3.63, 3.8) is 0 Å². The monoisotopic (exact) mass is 319 g/mol. The molecule has 2 unspecified atom stereocenters. The van der Waals surface area contributed by atoms with E-state index in [9.17, 15) is 4.79 Å². The lowest BCUT2D eigenvalue weighted by molar-refractivity contribution is 0.0942. The Kier molecular flexibility index (Phi) is 8.78. The van der Waals surface area contributed by atoms with Crippen molar-refractivity contribution in [1.29, 1.82) is 0 Å². The summed E-state index contributed by atoms with van der Waals surface area (Å²) in [6, 6.07) is 2.16. The molecule has 1 amide bonds. The van der Waals surface area contributed by atoms with Crippen LogP contribution in [0.15, 0.2) is 18.5 Å². The number of pyridine rings is 1. The SMILES string of the molecule is Cc1cncc(C(=O)NCC2CCCC(N)C2)c1.Cl.Cl. The number of hydrogen-bond acceptors (Lipinski definition) is 3. The Balaban J connectivity index is 0.00000180. The number of rotatable bonds is 3. The van der Waals surface area contributed by atoms with Crippen molar-refractivity contribution in [2.75, 3.05) is 6.54 Å². The Bertz CT molecular complexity index is 429. The Hall–Kier alpha value is -0.840. The average Bonchev–Trinajstić information content (AvgIpc) is 2.36. The van der Waals surface area contributed by atoms with E-state index in [1.807, 2.05) is 13.0 Å². The third-order valence-electron chi connectivity index (χ3n) is 3.51. The van der Waals surface area contributed by atoms with Crippen LogP contribution in [-0.2, 0) is 0 Å². The van der Waals surface area contributed by atoms with Crippen LogP contribution in [0.1, 0.15) is 41.6 Å². The van der Waals surface area contributed by atoms with E-state index in [0.29, 0.717) is 17.5 Å². The van der Waals surface area contributed by atoms with Crippen molar-refractivity contribution < 1.29 is 4.79 Å². The summed E-state index contributed by atoms with van der Waals surface area (Å²) in [5.41, 5.74) is 7.58. The molecule has 1 heterocycles. The summed E-state index contributed by atoms with van der Waals surface area (Å²) in [5.74, 6) is 0.487. The van der Waals surface area contributed by atoms with Crippen LogP contribution in [0.4, 0.5) is 0 Å². The van der Waals surface area contributed by atoms with Crippen LogP contribution in [-0.4, -0.2) is 23.5 Å². The quantitative estimate of drug-likeness (QED) is 0.899. The molecular weight excluding hydrogens is 297 g/mol. The molecule has 0 spiro atoms. The molecule has 0 radical (unpaired) electrons. The number of nitrogens with zero attached hydrogens (tertiary/aromatic N) is 1. The number of nitrogens with two attached hydrogens (primary N) is 1. The Morgan fingerprint density at radius 3 is 2.80 bits per heavy atom. The molecule has 20 heavy (non-hydrogen) atoms. The zero-order valence-corrected chi connectivity index (χ0v) is 13.3. The van der Waals surface area contributed by atoms with Gasteiger partial charge in [-0.1, -0.05) is 6.42 Å². The highest BCUT2D eigenvalue weighted by Crippen LogP contribution is 2.22. The lowest BCUT2D eigenvalue weighted by Crippen LogP contribution is -2.35. The molecule has 6 heteroatoms. The van der Waals surface area contributed by atoms with Gasteiger partial charge in [-0.25, -0.2) is 0 Å². The van der Waals surface area contributed by atoms with Gasteiger partial charge in [-0.15, -0.1) is 24.8 Å². The van der Waals surface area contributed by atoms with E-state index >= 15 is 0 Å². The van der Waals surface area contributed by atoms with E-state index in [4.69, 9.17) is 5.73 Å². The maximum absolute atomic E-state index is 11.9. The van der Waals surface area contributed by atoms with Crippen LogP contribution in [0.3, 0.4) is 0 Å². The fraction of sp³-hybridized carbons (Fsp3) is 0.571. The summed E-state index contributed by atoms with van der Waals surface area (Å²) in [4.78, 5) is 16.0. The van der Waals surface area contributed by atoms with Gasteiger partial charge in [-0.05, 0) is 43.7 Å². The number of halogens is 2. The smallest absolute Gasteiger partial charge is 0.252 e. The number of aromatic nitrogens is 1. The largest absolute Gasteiger partial charge is 0.352 e. The second-order valence-corrected chi connectivity index (χ2v) is 5.25.